The van der Waals surface area contributed by atoms with E-state index in [0.29, 0.717) is 13.0 Å². The van der Waals surface area contributed by atoms with Crippen LogP contribution in [-0.2, 0) is 19.0 Å². The summed E-state index contributed by atoms with van der Waals surface area (Å²) in [6.07, 6.45) is -0.751. The molecular formula is C13H21NO6S. The summed E-state index contributed by atoms with van der Waals surface area (Å²) in [5.41, 5.74) is -0.583. The molecule has 1 amide bonds. The van der Waals surface area contributed by atoms with Crippen LogP contribution < -0.4 is 0 Å². The van der Waals surface area contributed by atoms with Crippen molar-refractivity contribution in [3.8, 4) is 0 Å². The number of methoxy groups -OCH3 is 1. The zero-order valence-corrected chi connectivity index (χ0v) is 13.5. The maximum Gasteiger partial charge on any atom is 0.508 e. The van der Waals surface area contributed by atoms with Gasteiger partial charge in [0.15, 0.2) is 5.78 Å². The number of ketones is 1. The minimum atomic E-state index is -0.777. The molecule has 0 aromatic carbocycles. The number of carbonyl (C=O) groups excluding carboxylic acids is 3. The third-order valence-corrected chi connectivity index (χ3v) is 3.79. The molecule has 7 nitrogen and oxygen atoms in total. The quantitative estimate of drug-likeness (QED) is 0.581. The fourth-order valence-corrected chi connectivity index (χ4v) is 2.55. The summed E-state index contributed by atoms with van der Waals surface area (Å²) in [6.45, 7) is 5.79. The second kappa shape index (κ2) is 7.53. The van der Waals surface area contributed by atoms with E-state index in [9.17, 15) is 14.4 Å². The average molecular weight is 319 g/mol. The van der Waals surface area contributed by atoms with E-state index in [1.165, 1.54) is 23.8 Å². The Bertz CT molecular complexity index is 406. The summed E-state index contributed by atoms with van der Waals surface area (Å²) in [5, 5.41) is -0.284. The maximum absolute atomic E-state index is 12.0. The lowest BCUT2D eigenvalue weighted by Crippen LogP contribution is -2.47. The van der Waals surface area contributed by atoms with E-state index >= 15 is 0 Å². The molecule has 0 aromatic rings. The van der Waals surface area contributed by atoms with Crippen LogP contribution in [0.3, 0.4) is 0 Å². The van der Waals surface area contributed by atoms with E-state index in [0.717, 1.165) is 0 Å². The zero-order valence-electron chi connectivity index (χ0n) is 12.7. The number of hydrogen-bond donors (Lipinski definition) is 0. The van der Waals surface area contributed by atoms with Crippen LogP contribution in [0.2, 0.25) is 0 Å². The van der Waals surface area contributed by atoms with Gasteiger partial charge in [-0.25, -0.2) is 9.59 Å². The number of piperidine rings is 1. The molecule has 0 saturated carbocycles. The predicted octanol–water partition coefficient (Wildman–Crippen LogP) is 2.04. The minimum absolute atomic E-state index is 0.0187. The monoisotopic (exact) mass is 319 g/mol. The third kappa shape index (κ3) is 6.24. The first-order valence-corrected chi connectivity index (χ1v) is 7.61. The summed E-state index contributed by atoms with van der Waals surface area (Å²) in [4.78, 5) is 36.0. The number of thioether (sulfide) groups is 1. The summed E-state index contributed by atoms with van der Waals surface area (Å²) in [6, 6.07) is 0. The van der Waals surface area contributed by atoms with Crippen molar-refractivity contribution in [3.63, 3.8) is 0 Å². The van der Waals surface area contributed by atoms with Gasteiger partial charge in [-0.15, -0.1) is 11.8 Å². The van der Waals surface area contributed by atoms with E-state index in [1.807, 2.05) is 0 Å². The summed E-state index contributed by atoms with van der Waals surface area (Å²) in [5.74, 6) is -0.0271. The van der Waals surface area contributed by atoms with Gasteiger partial charge in [0.1, 0.15) is 11.5 Å². The van der Waals surface area contributed by atoms with Gasteiger partial charge < -0.3 is 19.1 Å². The fourth-order valence-electron chi connectivity index (χ4n) is 1.68. The van der Waals surface area contributed by atoms with Crippen molar-refractivity contribution in [1.29, 1.82) is 0 Å². The highest BCUT2D eigenvalue weighted by Crippen LogP contribution is 2.22. The fraction of sp³-hybridized carbons (Fsp3) is 0.769. The molecule has 21 heavy (non-hydrogen) atoms. The molecule has 1 atom stereocenters. The average Bonchev–Trinajstić information content (AvgIpc) is 2.38. The van der Waals surface area contributed by atoms with Gasteiger partial charge in [0, 0.05) is 6.54 Å². The lowest BCUT2D eigenvalue weighted by Gasteiger charge is -2.32. The van der Waals surface area contributed by atoms with Crippen molar-refractivity contribution >= 4 is 29.8 Å². The van der Waals surface area contributed by atoms with Crippen LogP contribution in [0.4, 0.5) is 9.59 Å². The Hall–Kier alpha value is -1.44. The lowest BCUT2D eigenvalue weighted by molar-refractivity contribution is -0.121. The van der Waals surface area contributed by atoms with Crippen LogP contribution in [0.25, 0.3) is 0 Å². The van der Waals surface area contributed by atoms with Gasteiger partial charge >= 0.3 is 12.2 Å². The van der Waals surface area contributed by atoms with E-state index in [1.54, 1.807) is 20.8 Å². The Kier molecular flexibility index (Phi) is 6.32. The van der Waals surface area contributed by atoms with Gasteiger partial charge in [-0.1, -0.05) is 0 Å². The van der Waals surface area contributed by atoms with Gasteiger partial charge in [-0.05, 0) is 27.2 Å². The molecule has 1 heterocycles. The van der Waals surface area contributed by atoms with Crippen molar-refractivity contribution in [3.05, 3.63) is 0 Å². The number of hydrogen-bond acceptors (Lipinski definition) is 7. The smallest absolute Gasteiger partial charge is 0.444 e. The molecule has 0 N–H and O–H groups in total. The molecule has 1 unspecified atom stereocenters. The molecule has 0 bridgehead atoms. The first kappa shape index (κ1) is 17.6. The molecule has 120 valence electrons. The number of rotatable bonds is 3. The molecule has 1 fully saturated rings. The zero-order chi connectivity index (χ0) is 16.0. The highest BCUT2D eigenvalue weighted by molar-refractivity contribution is 8.00. The normalized spacial score (nSPS) is 19.1. The van der Waals surface area contributed by atoms with Crippen molar-refractivity contribution in [2.24, 2.45) is 0 Å². The largest absolute Gasteiger partial charge is 0.508 e. The van der Waals surface area contributed by atoms with Crippen LogP contribution in [0.1, 0.15) is 27.2 Å². The van der Waals surface area contributed by atoms with Gasteiger partial charge in [0.25, 0.3) is 0 Å². The van der Waals surface area contributed by atoms with Gasteiger partial charge in [0.05, 0.1) is 18.9 Å². The first-order valence-electron chi connectivity index (χ1n) is 6.56. The van der Waals surface area contributed by atoms with Crippen LogP contribution in [0.15, 0.2) is 0 Å². The van der Waals surface area contributed by atoms with E-state index < -0.39 is 17.8 Å². The topological polar surface area (TPSA) is 82.1 Å². The summed E-state index contributed by atoms with van der Waals surface area (Å²) < 4.78 is 14.3. The number of nitrogens with zero attached hydrogens (tertiary/aromatic N) is 1. The molecular weight excluding hydrogens is 298 g/mol. The highest BCUT2D eigenvalue weighted by Gasteiger charge is 2.32. The van der Waals surface area contributed by atoms with Gasteiger partial charge in [-0.3, -0.25) is 4.79 Å². The lowest BCUT2D eigenvalue weighted by atomic mass is 10.1. The predicted molar refractivity (Wildman–Crippen MR) is 77.2 cm³/mol. The molecule has 1 saturated heterocycles. The van der Waals surface area contributed by atoms with E-state index in [4.69, 9.17) is 9.47 Å². The Morgan fingerprint density at radius 1 is 1.38 bits per heavy atom. The molecule has 1 rings (SSSR count). The first-order chi connectivity index (χ1) is 9.73. The van der Waals surface area contributed by atoms with Crippen molar-refractivity contribution in [2.45, 2.75) is 38.0 Å². The van der Waals surface area contributed by atoms with Crippen molar-refractivity contribution < 1.29 is 28.6 Å². The second-order valence-electron chi connectivity index (χ2n) is 5.53. The standard InChI is InChI=1S/C13H21NO6S/c1-13(2,3)20-11(16)14-6-5-10(9(15)7-14)21-8-19-12(17)18-4/h10H,5-8H2,1-4H3. The molecule has 0 radical (unpaired) electrons. The van der Waals surface area contributed by atoms with Gasteiger partial charge in [-0.2, -0.15) is 0 Å². The third-order valence-electron chi connectivity index (χ3n) is 2.63. The summed E-state index contributed by atoms with van der Waals surface area (Å²) in [7, 11) is 1.22. The Morgan fingerprint density at radius 2 is 2.05 bits per heavy atom. The van der Waals surface area contributed by atoms with E-state index in [-0.39, 0.29) is 23.5 Å². The highest BCUT2D eigenvalue weighted by atomic mass is 32.2. The Labute approximate surface area is 128 Å². The Morgan fingerprint density at radius 3 is 2.57 bits per heavy atom. The number of carbonyl (C=O) groups is 3. The minimum Gasteiger partial charge on any atom is -0.444 e. The van der Waals surface area contributed by atoms with Crippen LogP contribution in [0.5, 0.6) is 0 Å². The van der Waals surface area contributed by atoms with Gasteiger partial charge in [0.2, 0.25) is 0 Å². The van der Waals surface area contributed by atoms with Crippen molar-refractivity contribution in [1.82, 2.24) is 4.90 Å². The molecule has 0 aliphatic carbocycles. The molecule has 0 spiro atoms. The van der Waals surface area contributed by atoms with Crippen molar-refractivity contribution in [2.75, 3.05) is 26.1 Å². The van der Waals surface area contributed by atoms with E-state index in [2.05, 4.69) is 4.74 Å². The van der Waals surface area contributed by atoms with Crippen LogP contribution >= 0.6 is 11.8 Å². The molecule has 1 aliphatic rings. The Balaban J connectivity index is 2.38. The molecule has 1 aliphatic heterocycles. The second-order valence-corrected chi connectivity index (χ2v) is 6.67. The number of ether oxygens (including phenoxy) is 3. The number of amides is 1. The number of Topliss-reactive ketones (excluding diaryl/α,β-unsaturated/α-hetero) is 1. The SMILES string of the molecule is COC(=O)OCSC1CCN(C(=O)OC(C)(C)C)CC1=O. The maximum atomic E-state index is 12.0. The number of likely N-dealkylation sites (tertiary alicyclic amines) is 1. The van der Waals surface area contributed by atoms with Crippen LogP contribution in [-0.4, -0.2) is 59.9 Å². The molecule has 8 heteroatoms. The molecule has 0 aromatic heterocycles. The summed E-state index contributed by atoms with van der Waals surface area (Å²) >= 11 is 1.22. The van der Waals surface area contributed by atoms with Crippen LogP contribution in [0, 0.1) is 0 Å².